The molecule has 1 unspecified atom stereocenters. The first-order valence-electron chi connectivity index (χ1n) is 3.66. The zero-order valence-corrected chi connectivity index (χ0v) is 8.09. The molecule has 1 rings (SSSR count). The van der Waals surface area contributed by atoms with E-state index in [0.29, 0.717) is 6.42 Å². The van der Waals surface area contributed by atoms with Crippen molar-refractivity contribution >= 4 is 15.9 Å². The van der Waals surface area contributed by atoms with E-state index >= 15 is 0 Å². The van der Waals surface area contributed by atoms with Crippen LogP contribution in [-0.2, 0) is 6.42 Å². The van der Waals surface area contributed by atoms with Crippen molar-refractivity contribution in [2.24, 2.45) is 5.73 Å². The molecule has 0 radical (unpaired) electrons. The molecule has 0 aliphatic carbocycles. The molecule has 0 aliphatic rings. The first-order valence-corrected chi connectivity index (χ1v) is 4.45. The van der Waals surface area contributed by atoms with Gasteiger partial charge in [0.25, 0.3) is 0 Å². The third kappa shape index (κ3) is 2.87. The van der Waals surface area contributed by atoms with Gasteiger partial charge < -0.3 is 5.73 Å². The number of alkyl halides is 1. The summed E-state index contributed by atoms with van der Waals surface area (Å²) in [5, 5.41) is 0. The van der Waals surface area contributed by atoms with Crippen molar-refractivity contribution in [3.05, 3.63) is 28.5 Å². The maximum atomic E-state index is 12.8. The first-order chi connectivity index (χ1) is 5.72. The molecule has 0 aliphatic heterocycles. The fourth-order valence-corrected chi connectivity index (χ4v) is 1.32. The zero-order chi connectivity index (χ0) is 8.97. The summed E-state index contributed by atoms with van der Waals surface area (Å²) >= 11 is 3.26. The van der Waals surface area contributed by atoms with Crippen molar-refractivity contribution in [2.75, 3.05) is 6.54 Å². The summed E-state index contributed by atoms with van der Waals surface area (Å²) in [5.74, 6) is 0. The third-order valence-electron chi connectivity index (χ3n) is 1.47. The van der Waals surface area contributed by atoms with Crippen molar-refractivity contribution in [1.29, 1.82) is 0 Å². The van der Waals surface area contributed by atoms with Crippen molar-refractivity contribution in [3.63, 3.8) is 0 Å². The Labute approximate surface area is 79.1 Å². The minimum atomic E-state index is -0.971. The van der Waals surface area contributed by atoms with E-state index in [1.807, 2.05) is 6.07 Å². The number of aromatic nitrogens is 1. The van der Waals surface area contributed by atoms with Gasteiger partial charge in [0, 0.05) is 29.8 Å². The molecule has 0 aromatic carbocycles. The molecule has 0 bridgehead atoms. The van der Waals surface area contributed by atoms with Crippen LogP contribution in [0.1, 0.15) is 5.56 Å². The Hall–Kier alpha value is -0.480. The Morgan fingerprint density at radius 1 is 1.58 bits per heavy atom. The van der Waals surface area contributed by atoms with Crippen molar-refractivity contribution < 1.29 is 4.39 Å². The minimum absolute atomic E-state index is 0.0620. The maximum absolute atomic E-state index is 12.8. The van der Waals surface area contributed by atoms with E-state index in [1.54, 1.807) is 12.4 Å². The van der Waals surface area contributed by atoms with Gasteiger partial charge in [-0.1, -0.05) is 0 Å². The van der Waals surface area contributed by atoms with Crippen molar-refractivity contribution in [3.8, 4) is 0 Å². The molecular formula is C8H10BrFN2. The van der Waals surface area contributed by atoms with Crippen LogP contribution in [0.15, 0.2) is 22.9 Å². The van der Waals surface area contributed by atoms with E-state index < -0.39 is 6.17 Å². The van der Waals surface area contributed by atoms with Crippen LogP contribution in [0.5, 0.6) is 0 Å². The van der Waals surface area contributed by atoms with Crippen LogP contribution in [0, 0.1) is 0 Å². The summed E-state index contributed by atoms with van der Waals surface area (Å²) in [4.78, 5) is 3.92. The van der Waals surface area contributed by atoms with Gasteiger partial charge >= 0.3 is 0 Å². The molecule has 0 amide bonds. The highest BCUT2D eigenvalue weighted by Crippen LogP contribution is 2.11. The van der Waals surface area contributed by atoms with Crippen LogP contribution in [0.4, 0.5) is 4.39 Å². The highest BCUT2D eigenvalue weighted by Gasteiger charge is 2.04. The van der Waals surface area contributed by atoms with Gasteiger partial charge in [-0.15, -0.1) is 0 Å². The summed E-state index contributed by atoms with van der Waals surface area (Å²) in [6.45, 7) is 0.0620. The SMILES string of the molecule is NCC(F)Cc1cncc(Br)c1. The maximum Gasteiger partial charge on any atom is 0.116 e. The summed E-state index contributed by atoms with van der Waals surface area (Å²) in [7, 11) is 0. The quantitative estimate of drug-likeness (QED) is 0.862. The number of pyridine rings is 1. The number of hydrogen-bond donors (Lipinski definition) is 1. The number of rotatable bonds is 3. The van der Waals surface area contributed by atoms with E-state index in [9.17, 15) is 4.39 Å². The molecule has 1 atom stereocenters. The van der Waals surface area contributed by atoms with Crippen LogP contribution in [0.3, 0.4) is 0 Å². The second-order valence-corrected chi connectivity index (χ2v) is 3.46. The molecule has 0 saturated heterocycles. The van der Waals surface area contributed by atoms with Crippen LogP contribution in [-0.4, -0.2) is 17.7 Å². The molecule has 0 saturated carbocycles. The van der Waals surface area contributed by atoms with E-state index in [0.717, 1.165) is 10.0 Å². The minimum Gasteiger partial charge on any atom is -0.328 e. The summed E-state index contributed by atoms with van der Waals surface area (Å²) in [5.41, 5.74) is 6.01. The van der Waals surface area contributed by atoms with E-state index in [1.165, 1.54) is 0 Å². The summed E-state index contributed by atoms with van der Waals surface area (Å²) < 4.78 is 13.6. The van der Waals surface area contributed by atoms with Gasteiger partial charge in [-0.25, -0.2) is 4.39 Å². The highest BCUT2D eigenvalue weighted by molar-refractivity contribution is 9.10. The average molecular weight is 233 g/mol. The number of halogens is 2. The lowest BCUT2D eigenvalue weighted by Crippen LogP contribution is -2.17. The Morgan fingerprint density at radius 3 is 2.92 bits per heavy atom. The molecule has 12 heavy (non-hydrogen) atoms. The second-order valence-electron chi connectivity index (χ2n) is 2.55. The second kappa shape index (κ2) is 4.52. The molecule has 0 fully saturated rings. The number of nitrogens with two attached hydrogens (primary N) is 1. The largest absolute Gasteiger partial charge is 0.328 e. The van der Waals surface area contributed by atoms with Crippen LogP contribution >= 0.6 is 15.9 Å². The fourth-order valence-electron chi connectivity index (χ4n) is 0.907. The lowest BCUT2D eigenvalue weighted by atomic mass is 10.1. The van der Waals surface area contributed by atoms with Gasteiger partial charge in [0.1, 0.15) is 6.17 Å². The van der Waals surface area contributed by atoms with Crippen LogP contribution in [0.2, 0.25) is 0 Å². The lowest BCUT2D eigenvalue weighted by molar-refractivity contribution is 0.340. The third-order valence-corrected chi connectivity index (χ3v) is 1.91. The molecule has 2 nitrogen and oxygen atoms in total. The predicted octanol–water partition coefficient (Wildman–Crippen LogP) is 1.68. The monoisotopic (exact) mass is 232 g/mol. The van der Waals surface area contributed by atoms with E-state index in [4.69, 9.17) is 5.73 Å². The molecule has 2 N–H and O–H groups in total. The standard InChI is InChI=1S/C8H10BrFN2/c9-7-1-6(4-12-5-7)2-8(10)3-11/h1,4-5,8H,2-3,11H2. The lowest BCUT2D eigenvalue weighted by Gasteiger charge is -2.04. The molecule has 0 spiro atoms. The Morgan fingerprint density at radius 2 is 2.33 bits per heavy atom. The topological polar surface area (TPSA) is 38.9 Å². The Balaban J connectivity index is 2.63. The zero-order valence-electron chi connectivity index (χ0n) is 6.50. The first kappa shape index (κ1) is 9.61. The summed E-state index contributed by atoms with van der Waals surface area (Å²) in [6, 6.07) is 1.84. The number of hydrogen-bond acceptors (Lipinski definition) is 2. The Kier molecular flexibility index (Phi) is 3.62. The van der Waals surface area contributed by atoms with Gasteiger partial charge in [0.15, 0.2) is 0 Å². The molecule has 4 heteroatoms. The Bertz CT molecular complexity index is 255. The van der Waals surface area contributed by atoms with Gasteiger partial charge in [0.05, 0.1) is 0 Å². The average Bonchev–Trinajstić information content (AvgIpc) is 2.04. The van der Waals surface area contributed by atoms with E-state index in [2.05, 4.69) is 20.9 Å². The molecule has 1 heterocycles. The smallest absolute Gasteiger partial charge is 0.116 e. The normalized spacial score (nSPS) is 12.9. The van der Waals surface area contributed by atoms with Gasteiger partial charge in [-0.3, -0.25) is 4.98 Å². The van der Waals surface area contributed by atoms with Gasteiger partial charge in [-0.2, -0.15) is 0 Å². The van der Waals surface area contributed by atoms with Crippen LogP contribution < -0.4 is 5.73 Å². The summed E-state index contributed by atoms with van der Waals surface area (Å²) in [6.07, 6.45) is 2.68. The van der Waals surface area contributed by atoms with Crippen LogP contribution in [0.25, 0.3) is 0 Å². The van der Waals surface area contributed by atoms with Crippen molar-refractivity contribution in [1.82, 2.24) is 4.98 Å². The predicted molar refractivity (Wildman–Crippen MR) is 49.6 cm³/mol. The molecule has 66 valence electrons. The molecule has 1 aromatic rings. The van der Waals surface area contributed by atoms with E-state index in [-0.39, 0.29) is 6.54 Å². The molecule has 1 aromatic heterocycles. The highest BCUT2D eigenvalue weighted by atomic mass is 79.9. The molecular weight excluding hydrogens is 223 g/mol. The fraction of sp³-hybridized carbons (Fsp3) is 0.375. The van der Waals surface area contributed by atoms with Gasteiger partial charge in [-0.05, 0) is 27.6 Å². The van der Waals surface area contributed by atoms with Gasteiger partial charge in [0.2, 0.25) is 0 Å². The number of nitrogens with zero attached hydrogens (tertiary/aromatic N) is 1. The van der Waals surface area contributed by atoms with Crippen molar-refractivity contribution in [2.45, 2.75) is 12.6 Å².